The van der Waals surface area contributed by atoms with Gasteiger partial charge in [-0.15, -0.1) is 0 Å². The van der Waals surface area contributed by atoms with Crippen molar-refractivity contribution in [2.75, 3.05) is 32.8 Å². The molecule has 2 aromatic carbocycles. The van der Waals surface area contributed by atoms with E-state index in [-0.39, 0.29) is 25.1 Å². The van der Waals surface area contributed by atoms with Crippen LogP contribution in [0, 0.1) is 0 Å². The fourth-order valence-corrected chi connectivity index (χ4v) is 4.46. The van der Waals surface area contributed by atoms with Gasteiger partial charge in [-0.05, 0) is 38.0 Å². The molecule has 3 rings (SSSR count). The molecule has 0 saturated carbocycles. The zero-order chi connectivity index (χ0) is 26.6. The van der Waals surface area contributed by atoms with Crippen molar-refractivity contribution >= 4 is 17.9 Å². The van der Waals surface area contributed by atoms with Crippen molar-refractivity contribution in [3.8, 4) is 11.5 Å². The Morgan fingerprint density at radius 2 is 1.72 bits per heavy atom. The van der Waals surface area contributed by atoms with Crippen LogP contribution in [-0.2, 0) is 22.2 Å². The zero-order valence-electron chi connectivity index (χ0n) is 20.7. The number of anilines is 1. The molecular formula is C25H29F3N2O6. The Morgan fingerprint density at radius 3 is 2.31 bits per heavy atom. The standard InChI is InChI=1S/C25H29F3N2O6/c1-6-36-24(32)30-15(2)11-19(17-12-21(33-3)22(34-4)13-20(17)30)29(23(31)35-5)14-16-9-7-8-10-18(16)25(26,27)28/h7-10,12-13,15,19H,6,11,14H2,1-5H3/t15-,19+/m0/s1. The molecule has 1 heterocycles. The second kappa shape index (κ2) is 11.0. The quantitative estimate of drug-likeness (QED) is 0.490. The van der Waals surface area contributed by atoms with Crippen molar-refractivity contribution in [2.45, 2.75) is 45.1 Å². The lowest BCUT2D eigenvalue weighted by atomic mass is 9.90. The van der Waals surface area contributed by atoms with Crippen molar-refractivity contribution in [3.05, 3.63) is 53.1 Å². The highest BCUT2D eigenvalue weighted by Crippen LogP contribution is 2.47. The highest BCUT2D eigenvalue weighted by Gasteiger charge is 2.41. The van der Waals surface area contributed by atoms with Crippen LogP contribution < -0.4 is 14.4 Å². The number of hydrogen-bond donors (Lipinski definition) is 0. The first-order chi connectivity index (χ1) is 17.1. The van der Waals surface area contributed by atoms with Gasteiger partial charge in [0.2, 0.25) is 0 Å². The fraction of sp³-hybridized carbons (Fsp3) is 0.440. The second-order valence-electron chi connectivity index (χ2n) is 8.19. The largest absolute Gasteiger partial charge is 0.493 e. The molecule has 0 spiro atoms. The molecule has 196 valence electrons. The van der Waals surface area contributed by atoms with E-state index in [9.17, 15) is 22.8 Å². The molecule has 0 N–H and O–H groups in total. The van der Waals surface area contributed by atoms with Gasteiger partial charge in [0.1, 0.15) is 0 Å². The zero-order valence-corrected chi connectivity index (χ0v) is 20.7. The lowest BCUT2D eigenvalue weighted by Crippen LogP contribution is -2.47. The van der Waals surface area contributed by atoms with Crippen molar-refractivity contribution < 1.29 is 41.7 Å². The molecule has 0 unspecified atom stereocenters. The molecule has 0 radical (unpaired) electrons. The molecule has 0 aromatic heterocycles. The first kappa shape index (κ1) is 27.0. The molecule has 0 fully saturated rings. The summed E-state index contributed by atoms with van der Waals surface area (Å²) >= 11 is 0. The molecule has 36 heavy (non-hydrogen) atoms. The van der Waals surface area contributed by atoms with E-state index in [4.69, 9.17) is 18.9 Å². The average Bonchev–Trinajstić information content (AvgIpc) is 2.85. The van der Waals surface area contributed by atoms with Gasteiger partial charge in [-0.2, -0.15) is 13.2 Å². The van der Waals surface area contributed by atoms with E-state index in [0.29, 0.717) is 22.7 Å². The van der Waals surface area contributed by atoms with Crippen LogP contribution in [-0.4, -0.2) is 51.1 Å². The monoisotopic (exact) mass is 510 g/mol. The van der Waals surface area contributed by atoms with E-state index in [1.54, 1.807) is 26.0 Å². The Kier molecular flexibility index (Phi) is 8.21. The Balaban J connectivity index is 2.18. The third kappa shape index (κ3) is 5.29. The number of rotatable bonds is 6. The first-order valence-electron chi connectivity index (χ1n) is 11.3. The first-order valence-corrected chi connectivity index (χ1v) is 11.3. The highest BCUT2D eigenvalue weighted by atomic mass is 19.4. The summed E-state index contributed by atoms with van der Waals surface area (Å²) < 4.78 is 62.1. The number of carbonyl (C=O) groups is 2. The normalized spacial score (nSPS) is 17.2. The number of ether oxygens (including phenoxy) is 4. The SMILES string of the molecule is CCOC(=O)N1c2cc(OC)c(OC)cc2[C@H](N(Cc2ccccc2C(F)(F)F)C(=O)OC)C[C@@H]1C. The van der Waals surface area contributed by atoms with Gasteiger partial charge >= 0.3 is 18.4 Å². The van der Waals surface area contributed by atoms with Crippen LogP contribution >= 0.6 is 0 Å². The summed E-state index contributed by atoms with van der Waals surface area (Å²) in [6.07, 6.45) is -5.80. The molecule has 0 bridgehead atoms. The van der Waals surface area contributed by atoms with E-state index in [1.807, 2.05) is 0 Å². The fourth-order valence-electron chi connectivity index (χ4n) is 4.46. The average molecular weight is 511 g/mol. The molecule has 1 aliphatic rings. The topological polar surface area (TPSA) is 77.5 Å². The molecule has 0 saturated heterocycles. The Hall–Kier alpha value is -3.63. The molecule has 2 aromatic rings. The van der Waals surface area contributed by atoms with Crippen molar-refractivity contribution in [2.24, 2.45) is 0 Å². The van der Waals surface area contributed by atoms with E-state index in [2.05, 4.69) is 0 Å². The third-order valence-electron chi connectivity index (χ3n) is 6.07. The number of benzene rings is 2. The third-order valence-corrected chi connectivity index (χ3v) is 6.07. The van der Waals surface area contributed by atoms with Gasteiger partial charge in [-0.3, -0.25) is 9.80 Å². The number of hydrogen-bond acceptors (Lipinski definition) is 6. The summed E-state index contributed by atoms with van der Waals surface area (Å²) in [5.41, 5.74) is -0.0529. The van der Waals surface area contributed by atoms with Gasteiger partial charge in [0, 0.05) is 17.7 Å². The van der Waals surface area contributed by atoms with Crippen LogP contribution in [0.2, 0.25) is 0 Å². The highest BCUT2D eigenvalue weighted by molar-refractivity contribution is 5.91. The summed E-state index contributed by atoms with van der Waals surface area (Å²) in [6.45, 7) is 3.23. The molecule has 2 atom stereocenters. The van der Waals surface area contributed by atoms with Gasteiger partial charge in [-0.25, -0.2) is 9.59 Å². The second-order valence-corrected chi connectivity index (χ2v) is 8.19. The van der Waals surface area contributed by atoms with Crippen LogP contribution in [0.15, 0.2) is 36.4 Å². The van der Waals surface area contributed by atoms with Crippen molar-refractivity contribution in [3.63, 3.8) is 0 Å². The van der Waals surface area contributed by atoms with Crippen molar-refractivity contribution in [1.82, 2.24) is 4.90 Å². The lowest BCUT2D eigenvalue weighted by Gasteiger charge is -2.42. The lowest BCUT2D eigenvalue weighted by molar-refractivity contribution is -0.138. The summed E-state index contributed by atoms with van der Waals surface area (Å²) in [4.78, 5) is 28.5. The minimum atomic E-state index is -4.60. The van der Waals surface area contributed by atoms with Gasteiger partial charge < -0.3 is 18.9 Å². The number of alkyl halides is 3. The van der Waals surface area contributed by atoms with Crippen molar-refractivity contribution in [1.29, 1.82) is 0 Å². The molecule has 1 aliphatic heterocycles. The predicted molar refractivity (Wildman–Crippen MR) is 125 cm³/mol. The maximum atomic E-state index is 13.7. The summed E-state index contributed by atoms with van der Waals surface area (Å²) in [7, 11) is 4.04. The number of carbonyl (C=O) groups excluding carboxylic acids is 2. The molecule has 11 heteroatoms. The minimum absolute atomic E-state index is 0.0853. The Bertz CT molecular complexity index is 1110. The number of halogens is 3. The van der Waals surface area contributed by atoms with Crippen LogP contribution in [0.4, 0.5) is 28.4 Å². The minimum Gasteiger partial charge on any atom is -0.493 e. The summed E-state index contributed by atoms with van der Waals surface area (Å²) in [5, 5.41) is 0. The Morgan fingerprint density at radius 1 is 1.08 bits per heavy atom. The number of nitrogens with zero attached hydrogens (tertiary/aromatic N) is 2. The number of amides is 2. The van der Waals surface area contributed by atoms with Crippen LogP contribution in [0.3, 0.4) is 0 Å². The molecule has 0 aliphatic carbocycles. The maximum Gasteiger partial charge on any atom is 0.416 e. The molecular weight excluding hydrogens is 481 g/mol. The van der Waals surface area contributed by atoms with Gasteiger partial charge in [0.05, 0.1) is 51.8 Å². The summed E-state index contributed by atoms with van der Waals surface area (Å²) in [6, 6.07) is 7.06. The van der Waals surface area contributed by atoms with E-state index in [0.717, 1.165) is 13.2 Å². The Labute approximate surface area is 207 Å². The van der Waals surface area contributed by atoms with Crippen LogP contribution in [0.1, 0.15) is 43.0 Å². The van der Waals surface area contributed by atoms with E-state index in [1.165, 1.54) is 42.2 Å². The predicted octanol–water partition coefficient (Wildman–Crippen LogP) is 5.79. The maximum absolute atomic E-state index is 13.7. The van der Waals surface area contributed by atoms with Gasteiger partial charge in [0.25, 0.3) is 0 Å². The van der Waals surface area contributed by atoms with Crippen LogP contribution in [0.5, 0.6) is 11.5 Å². The number of methoxy groups -OCH3 is 3. The number of fused-ring (bicyclic) bond motifs is 1. The molecule has 2 amide bonds. The van der Waals surface area contributed by atoms with Gasteiger partial charge in [-0.1, -0.05) is 18.2 Å². The smallest absolute Gasteiger partial charge is 0.416 e. The van der Waals surface area contributed by atoms with Gasteiger partial charge in [0.15, 0.2) is 11.5 Å². The molecule has 8 nitrogen and oxygen atoms in total. The van der Waals surface area contributed by atoms with Crippen LogP contribution in [0.25, 0.3) is 0 Å². The summed E-state index contributed by atoms with van der Waals surface area (Å²) in [5.74, 6) is 0.672. The van der Waals surface area contributed by atoms with E-state index >= 15 is 0 Å². The van der Waals surface area contributed by atoms with E-state index < -0.39 is 36.0 Å².